The number of likely N-dealkylation sites (tertiary alicyclic amines) is 1. The standard InChI is InChI=1S/C28H25BrF3N3O4/c1-27(2,3)38-26(37)35-12-6-7-15(14-35)25(36)39-34-23-18-9-5-4-8-17(18)21-19-13-16(29)10-11-20(19)33-24(22(21)23)28(30,31)32/h4-5,8-11,13,15H,6-7,12,14H2,1-3H3/b34-23+. The Morgan fingerprint density at radius 2 is 1.79 bits per heavy atom. The highest BCUT2D eigenvalue weighted by Gasteiger charge is 2.43. The largest absolute Gasteiger partial charge is 0.444 e. The van der Waals surface area contributed by atoms with E-state index in [9.17, 15) is 22.8 Å². The van der Waals surface area contributed by atoms with Crippen LogP contribution >= 0.6 is 15.9 Å². The van der Waals surface area contributed by atoms with E-state index < -0.39 is 35.5 Å². The fourth-order valence-corrected chi connectivity index (χ4v) is 5.28. The molecule has 0 N–H and O–H groups in total. The molecule has 1 aromatic heterocycles. The Balaban J connectivity index is 1.52. The Kier molecular flexibility index (Phi) is 6.90. The van der Waals surface area contributed by atoms with Crippen LogP contribution in [-0.4, -0.2) is 46.3 Å². The molecule has 1 fully saturated rings. The third-order valence-corrected chi connectivity index (χ3v) is 7.03. The van der Waals surface area contributed by atoms with Crippen molar-refractivity contribution in [2.75, 3.05) is 13.1 Å². The summed E-state index contributed by atoms with van der Waals surface area (Å²) in [6.45, 7) is 5.75. The maximum atomic E-state index is 14.3. The van der Waals surface area contributed by atoms with Gasteiger partial charge in [-0.3, -0.25) is 0 Å². The first-order valence-corrected chi connectivity index (χ1v) is 13.2. The summed E-state index contributed by atoms with van der Waals surface area (Å²) in [5, 5.41) is 4.51. The second-order valence-electron chi connectivity index (χ2n) is 10.5. The van der Waals surface area contributed by atoms with Gasteiger partial charge < -0.3 is 14.5 Å². The van der Waals surface area contributed by atoms with E-state index in [0.717, 1.165) is 0 Å². The molecule has 204 valence electrons. The van der Waals surface area contributed by atoms with Crippen molar-refractivity contribution in [2.24, 2.45) is 11.1 Å². The van der Waals surface area contributed by atoms with Crippen LogP contribution in [0.2, 0.25) is 0 Å². The van der Waals surface area contributed by atoms with Crippen molar-refractivity contribution in [1.29, 1.82) is 0 Å². The SMILES string of the molecule is CC(C)(C)OC(=O)N1CCCC(C(=O)O/N=C2\c3ccccc3-c3c2c(C(F)(F)F)nc2ccc(Br)cc32)C1. The monoisotopic (exact) mass is 603 g/mol. The number of amides is 1. The van der Waals surface area contributed by atoms with Crippen LogP contribution in [0.4, 0.5) is 18.0 Å². The van der Waals surface area contributed by atoms with Crippen molar-refractivity contribution in [3.8, 4) is 11.1 Å². The summed E-state index contributed by atoms with van der Waals surface area (Å²) in [7, 11) is 0. The maximum Gasteiger partial charge on any atom is 0.434 e. The molecular weight excluding hydrogens is 579 g/mol. The van der Waals surface area contributed by atoms with Gasteiger partial charge >= 0.3 is 18.2 Å². The first-order chi connectivity index (χ1) is 18.3. The van der Waals surface area contributed by atoms with Crippen LogP contribution in [0.15, 0.2) is 52.1 Å². The number of fused-ring (bicyclic) bond motifs is 5. The molecule has 1 aliphatic carbocycles. The Morgan fingerprint density at radius 1 is 1.08 bits per heavy atom. The zero-order valence-corrected chi connectivity index (χ0v) is 23.0. The third kappa shape index (κ3) is 5.36. The summed E-state index contributed by atoms with van der Waals surface area (Å²) in [5.41, 5.74) is -0.701. The van der Waals surface area contributed by atoms with Crippen molar-refractivity contribution in [1.82, 2.24) is 9.88 Å². The molecule has 7 nitrogen and oxygen atoms in total. The Morgan fingerprint density at radius 3 is 2.49 bits per heavy atom. The fourth-order valence-electron chi connectivity index (χ4n) is 4.91. The number of hydrogen-bond acceptors (Lipinski definition) is 6. The zero-order valence-electron chi connectivity index (χ0n) is 21.4. The van der Waals surface area contributed by atoms with E-state index in [0.29, 0.717) is 45.9 Å². The molecule has 0 radical (unpaired) electrons. The van der Waals surface area contributed by atoms with Crippen molar-refractivity contribution < 1.29 is 32.3 Å². The molecule has 2 aromatic carbocycles. The van der Waals surface area contributed by atoms with Gasteiger partial charge in [-0.05, 0) is 57.4 Å². The normalized spacial score (nSPS) is 18.2. The van der Waals surface area contributed by atoms with Gasteiger partial charge in [0, 0.05) is 39.6 Å². The molecule has 5 rings (SSSR count). The number of carbonyl (C=O) groups excluding carboxylic acids is 2. The summed E-state index contributed by atoms with van der Waals surface area (Å²) in [6, 6.07) is 11.6. The highest BCUT2D eigenvalue weighted by atomic mass is 79.9. The van der Waals surface area contributed by atoms with Gasteiger partial charge in [-0.2, -0.15) is 13.2 Å². The maximum absolute atomic E-state index is 14.3. The highest BCUT2D eigenvalue weighted by molar-refractivity contribution is 9.10. The number of piperidine rings is 1. The van der Waals surface area contributed by atoms with Gasteiger partial charge in [-0.15, -0.1) is 0 Å². The van der Waals surface area contributed by atoms with E-state index >= 15 is 0 Å². The van der Waals surface area contributed by atoms with E-state index in [1.807, 2.05) is 0 Å². The lowest BCUT2D eigenvalue weighted by Gasteiger charge is -2.32. The van der Waals surface area contributed by atoms with Crippen LogP contribution < -0.4 is 0 Å². The van der Waals surface area contributed by atoms with Gasteiger partial charge in [0.25, 0.3) is 0 Å². The molecule has 39 heavy (non-hydrogen) atoms. The number of alkyl halides is 3. The smallest absolute Gasteiger partial charge is 0.434 e. The molecule has 1 saturated heterocycles. The fraction of sp³-hybridized carbons (Fsp3) is 0.357. The van der Waals surface area contributed by atoms with Crippen molar-refractivity contribution in [2.45, 2.75) is 45.4 Å². The van der Waals surface area contributed by atoms with Gasteiger partial charge in [0.1, 0.15) is 11.3 Å². The summed E-state index contributed by atoms with van der Waals surface area (Å²) >= 11 is 3.39. The number of nitrogens with zero attached hydrogens (tertiary/aromatic N) is 3. The lowest BCUT2D eigenvalue weighted by atomic mass is 9.99. The van der Waals surface area contributed by atoms with Crippen LogP contribution in [0, 0.1) is 5.92 Å². The quantitative estimate of drug-likeness (QED) is 0.183. The summed E-state index contributed by atoms with van der Waals surface area (Å²) in [5.74, 6) is -1.42. The molecule has 11 heteroatoms. The van der Waals surface area contributed by atoms with Crippen LogP contribution in [0.3, 0.4) is 0 Å². The van der Waals surface area contributed by atoms with Crippen molar-refractivity contribution in [3.63, 3.8) is 0 Å². The third-order valence-electron chi connectivity index (χ3n) is 6.54. The molecule has 1 aliphatic heterocycles. The van der Waals surface area contributed by atoms with Crippen LogP contribution in [-0.2, 0) is 20.5 Å². The number of pyridine rings is 1. The molecule has 0 saturated carbocycles. The average Bonchev–Trinajstić information content (AvgIpc) is 3.20. The molecule has 1 atom stereocenters. The second kappa shape index (κ2) is 9.93. The summed E-state index contributed by atoms with van der Waals surface area (Å²) in [4.78, 5) is 36.2. The minimum absolute atomic E-state index is 0.0692. The van der Waals surface area contributed by atoms with Crippen LogP contribution in [0.1, 0.15) is 50.4 Å². The minimum atomic E-state index is -4.78. The molecule has 3 aromatic rings. The molecule has 2 aliphatic rings. The number of benzene rings is 2. The number of ether oxygens (including phenoxy) is 1. The van der Waals surface area contributed by atoms with Crippen molar-refractivity contribution >= 4 is 44.6 Å². The van der Waals surface area contributed by atoms with Gasteiger partial charge in [0.05, 0.1) is 11.4 Å². The Labute approximate surface area is 231 Å². The molecule has 0 spiro atoms. The topological polar surface area (TPSA) is 81.1 Å². The number of aromatic nitrogens is 1. The number of oxime groups is 1. The Hall–Kier alpha value is -3.47. The predicted octanol–water partition coefficient (Wildman–Crippen LogP) is 6.94. The summed E-state index contributed by atoms with van der Waals surface area (Å²) in [6.07, 6.45) is -4.33. The predicted molar refractivity (Wildman–Crippen MR) is 142 cm³/mol. The number of hydrogen-bond donors (Lipinski definition) is 0. The number of rotatable bonds is 2. The number of carbonyl (C=O) groups is 2. The highest BCUT2D eigenvalue weighted by Crippen LogP contribution is 2.46. The van der Waals surface area contributed by atoms with E-state index in [-0.39, 0.29) is 23.3 Å². The average molecular weight is 604 g/mol. The van der Waals surface area contributed by atoms with E-state index in [4.69, 9.17) is 9.57 Å². The van der Waals surface area contributed by atoms with Crippen molar-refractivity contribution in [3.05, 3.63) is 63.8 Å². The lowest BCUT2D eigenvalue weighted by molar-refractivity contribution is -0.150. The van der Waals surface area contributed by atoms with Gasteiger partial charge in [0.2, 0.25) is 0 Å². The van der Waals surface area contributed by atoms with Gasteiger partial charge in [0.15, 0.2) is 5.69 Å². The number of halogens is 4. The molecule has 1 unspecified atom stereocenters. The minimum Gasteiger partial charge on any atom is -0.444 e. The first kappa shape index (κ1) is 27.1. The summed E-state index contributed by atoms with van der Waals surface area (Å²) < 4.78 is 49.0. The van der Waals surface area contributed by atoms with Crippen LogP contribution in [0.25, 0.3) is 22.0 Å². The van der Waals surface area contributed by atoms with Gasteiger partial charge in [-0.1, -0.05) is 45.4 Å². The first-order valence-electron chi connectivity index (χ1n) is 12.4. The van der Waals surface area contributed by atoms with E-state index in [1.165, 1.54) is 11.0 Å². The lowest BCUT2D eigenvalue weighted by Crippen LogP contribution is -2.44. The van der Waals surface area contributed by atoms with E-state index in [1.54, 1.807) is 57.2 Å². The van der Waals surface area contributed by atoms with Gasteiger partial charge in [-0.25, -0.2) is 14.6 Å². The molecule has 2 heterocycles. The van der Waals surface area contributed by atoms with E-state index in [2.05, 4.69) is 26.1 Å². The second-order valence-corrected chi connectivity index (χ2v) is 11.4. The Bertz CT molecular complexity index is 1510. The van der Waals surface area contributed by atoms with Crippen LogP contribution in [0.5, 0.6) is 0 Å². The molecule has 0 bridgehead atoms. The molecule has 1 amide bonds. The molecular formula is C28H25BrF3N3O4. The zero-order chi connectivity index (χ0) is 28.1.